The fourth-order valence-electron chi connectivity index (χ4n) is 4.50. The van der Waals surface area contributed by atoms with Crippen molar-refractivity contribution in [1.82, 2.24) is 10.6 Å². The van der Waals surface area contributed by atoms with Gasteiger partial charge in [-0.05, 0) is 71.6 Å². The van der Waals surface area contributed by atoms with Crippen LogP contribution < -0.4 is 20.1 Å². The predicted molar refractivity (Wildman–Crippen MR) is 105 cm³/mol. The molecule has 0 radical (unpaired) electrons. The van der Waals surface area contributed by atoms with Gasteiger partial charge in [0.1, 0.15) is 11.5 Å². The van der Waals surface area contributed by atoms with Crippen LogP contribution in [0.1, 0.15) is 65.5 Å². The zero-order chi connectivity index (χ0) is 19.5. The maximum atomic E-state index is 12.7. The number of ether oxygens (including phenoxy) is 2. The summed E-state index contributed by atoms with van der Waals surface area (Å²) in [5.41, 5.74) is 1.02. The predicted octanol–water partition coefficient (Wildman–Crippen LogP) is 3.83. The smallest absolute Gasteiger partial charge is 0.220 e. The Morgan fingerprint density at radius 3 is 2.35 bits per heavy atom. The molecule has 5 heteroatoms. The number of methoxy groups -OCH3 is 2. The molecule has 2 rings (SSSR count). The highest BCUT2D eigenvalue weighted by Gasteiger charge is 2.38. The molecular weight excluding hydrogens is 328 g/mol. The maximum absolute atomic E-state index is 12.7. The molecule has 1 aromatic carbocycles. The molecule has 1 unspecified atom stereocenters. The van der Waals surface area contributed by atoms with Crippen LogP contribution in [0.2, 0.25) is 0 Å². The van der Waals surface area contributed by atoms with Crippen molar-refractivity contribution >= 4 is 5.91 Å². The molecule has 0 aromatic heterocycles. The second-order valence-electron chi connectivity index (χ2n) is 8.77. The highest BCUT2D eigenvalue weighted by Crippen LogP contribution is 2.35. The second kappa shape index (κ2) is 7.87. The summed E-state index contributed by atoms with van der Waals surface area (Å²) in [6.45, 7) is 10.8. The van der Waals surface area contributed by atoms with Crippen molar-refractivity contribution < 1.29 is 14.3 Å². The molecule has 26 heavy (non-hydrogen) atoms. The lowest BCUT2D eigenvalue weighted by Gasteiger charge is -2.46. The highest BCUT2D eigenvalue weighted by atomic mass is 16.5. The van der Waals surface area contributed by atoms with E-state index >= 15 is 0 Å². The number of rotatable bonds is 6. The topological polar surface area (TPSA) is 59.6 Å². The zero-order valence-electron chi connectivity index (χ0n) is 17.2. The minimum atomic E-state index is -0.143. The summed E-state index contributed by atoms with van der Waals surface area (Å²) < 4.78 is 10.7. The van der Waals surface area contributed by atoms with Gasteiger partial charge in [0.05, 0.1) is 20.3 Å². The summed E-state index contributed by atoms with van der Waals surface area (Å²) in [7, 11) is 3.27. The molecule has 1 heterocycles. The number of carbonyl (C=O) groups is 1. The molecule has 1 aliphatic heterocycles. The van der Waals surface area contributed by atoms with Crippen molar-refractivity contribution in [2.45, 2.75) is 71.0 Å². The van der Waals surface area contributed by atoms with Crippen LogP contribution in [-0.4, -0.2) is 31.2 Å². The molecule has 0 bridgehead atoms. The van der Waals surface area contributed by atoms with Gasteiger partial charge in [-0.1, -0.05) is 0 Å². The third-order valence-electron chi connectivity index (χ3n) is 5.03. The van der Waals surface area contributed by atoms with Crippen LogP contribution >= 0.6 is 0 Å². The first-order valence-corrected chi connectivity index (χ1v) is 9.36. The Balaban J connectivity index is 2.03. The van der Waals surface area contributed by atoms with Crippen molar-refractivity contribution in [3.05, 3.63) is 23.8 Å². The SMILES string of the molecule is COc1ccc(OC)c(C(C)NC(=O)CC2CC(C)(C)NC(C)(C)C2)c1. The normalized spacial score (nSPS) is 20.3. The summed E-state index contributed by atoms with van der Waals surface area (Å²) in [5.74, 6) is 1.97. The van der Waals surface area contributed by atoms with Gasteiger partial charge in [-0.25, -0.2) is 0 Å². The number of hydrogen-bond acceptors (Lipinski definition) is 4. The Morgan fingerprint density at radius 2 is 1.81 bits per heavy atom. The lowest BCUT2D eigenvalue weighted by Crippen LogP contribution is -2.58. The minimum Gasteiger partial charge on any atom is -0.497 e. The summed E-state index contributed by atoms with van der Waals surface area (Å²) in [5, 5.41) is 6.80. The van der Waals surface area contributed by atoms with Crippen molar-refractivity contribution in [2.24, 2.45) is 5.92 Å². The maximum Gasteiger partial charge on any atom is 0.220 e. The fourth-order valence-corrected chi connectivity index (χ4v) is 4.50. The number of benzene rings is 1. The van der Waals surface area contributed by atoms with E-state index in [-0.39, 0.29) is 23.0 Å². The molecule has 0 saturated carbocycles. The molecule has 0 aliphatic carbocycles. The van der Waals surface area contributed by atoms with Crippen LogP contribution in [0.15, 0.2) is 18.2 Å². The van der Waals surface area contributed by atoms with Crippen LogP contribution in [0.4, 0.5) is 0 Å². The molecule has 2 N–H and O–H groups in total. The van der Waals surface area contributed by atoms with Gasteiger partial charge in [0, 0.05) is 23.1 Å². The molecular formula is C21H34N2O3. The van der Waals surface area contributed by atoms with Crippen LogP contribution in [0.5, 0.6) is 11.5 Å². The Bertz CT molecular complexity index is 624. The Morgan fingerprint density at radius 1 is 1.19 bits per heavy atom. The monoisotopic (exact) mass is 362 g/mol. The van der Waals surface area contributed by atoms with Crippen molar-refractivity contribution in [3.8, 4) is 11.5 Å². The average Bonchev–Trinajstić information content (AvgIpc) is 2.50. The zero-order valence-corrected chi connectivity index (χ0v) is 17.2. The lowest BCUT2D eigenvalue weighted by atomic mass is 9.74. The summed E-state index contributed by atoms with van der Waals surface area (Å²) in [6.07, 6.45) is 2.55. The molecule has 1 aromatic rings. The van der Waals surface area contributed by atoms with E-state index in [9.17, 15) is 4.79 Å². The molecule has 1 saturated heterocycles. The van der Waals surface area contributed by atoms with Crippen molar-refractivity contribution in [3.63, 3.8) is 0 Å². The highest BCUT2D eigenvalue weighted by molar-refractivity contribution is 5.77. The van der Waals surface area contributed by atoms with Crippen LogP contribution in [0.3, 0.4) is 0 Å². The third kappa shape index (κ3) is 5.37. The van der Waals surface area contributed by atoms with Gasteiger partial charge in [0.15, 0.2) is 0 Å². The summed E-state index contributed by atoms with van der Waals surface area (Å²) in [4.78, 5) is 12.7. The summed E-state index contributed by atoms with van der Waals surface area (Å²) in [6, 6.07) is 5.50. The molecule has 0 spiro atoms. The first-order chi connectivity index (χ1) is 12.0. The van der Waals surface area contributed by atoms with E-state index in [0.717, 1.165) is 29.9 Å². The Hall–Kier alpha value is -1.75. The van der Waals surface area contributed by atoms with E-state index < -0.39 is 0 Å². The van der Waals surface area contributed by atoms with Crippen molar-refractivity contribution in [2.75, 3.05) is 14.2 Å². The molecule has 1 amide bonds. The number of carbonyl (C=O) groups excluding carboxylic acids is 1. The van der Waals surface area contributed by atoms with E-state index in [1.807, 2.05) is 25.1 Å². The van der Waals surface area contributed by atoms with E-state index in [1.165, 1.54) is 0 Å². The van der Waals surface area contributed by atoms with Gasteiger partial charge in [-0.2, -0.15) is 0 Å². The molecule has 1 atom stereocenters. The molecule has 1 aliphatic rings. The van der Waals surface area contributed by atoms with E-state index in [1.54, 1.807) is 14.2 Å². The quantitative estimate of drug-likeness (QED) is 0.807. The Kier molecular flexibility index (Phi) is 6.22. The van der Waals surface area contributed by atoms with Gasteiger partial charge in [0.25, 0.3) is 0 Å². The molecule has 146 valence electrons. The largest absolute Gasteiger partial charge is 0.497 e. The number of hydrogen-bond donors (Lipinski definition) is 2. The van der Waals surface area contributed by atoms with Crippen LogP contribution in [-0.2, 0) is 4.79 Å². The number of piperidine rings is 1. The van der Waals surface area contributed by atoms with Gasteiger partial charge < -0.3 is 20.1 Å². The standard InChI is InChI=1S/C21H34N2O3/c1-14(17-11-16(25-6)8-9-18(17)26-7)22-19(24)10-15-12-20(2,3)23-21(4,5)13-15/h8-9,11,14-15,23H,10,12-13H2,1-7H3,(H,22,24). The van der Waals surface area contributed by atoms with Crippen LogP contribution in [0, 0.1) is 5.92 Å². The van der Waals surface area contributed by atoms with E-state index in [2.05, 4.69) is 38.3 Å². The second-order valence-corrected chi connectivity index (χ2v) is 8.77. The summed E-state index contributed by atoms with van der Waals surface area (Å²) >= 11 is 0. The third-order valence-corrected chi connectivity index (χ3v) is 5.03. The minimum absolute atomic E-state index is 0.0499. The molecule has 1 fully saturated rings. The Labute approximate surface area is 157 Å². The molecule has 5 nitrogen and oxygen atoms in total. The number of amides is 1. The lowest BCUT2D eigenvalue weighted by molar-refractivity contribution is -0.123. The first kappa shape index (κ1) is 20.6. The fraction of sp³-hybridized carbons (Fsp3) is 0.667. The number of nitrogens with one attached hydrogen (secondary N) is 2. The van der Waals surface area contributed by atoms with E-state index in [0.29, 0.717) is 12.3 Å². The average molecular weight is 363 g/mol. The van der Waals surface area contributed by atoms with E-state index in [4.69, 9.17) is 9.47 Å². The van der Waals surface area contributed by atoms with Gasteiger partial charge in [-0.3, -0.25) is 4.79 Å². The van der Waals surface area contributed by atoms with Gasteiger partial charge in [0.2, 0.25) is 5.91 Å². The van der Waals surface area contributed by atoms with Gasteiger partial charge in [-0.15, -0.1) is 0 Å². The first-order valence-electron chi connectivity index (χ1n) is 9.36. The van der Waals surface area contributed by atoms with Gasteiger partial charge >= 0.3 is 0 Å². The van der Waals surface area contributed by atoms with Crippen molar-refractivity contribution in [1.29, 1.82) is 0 Å². The van der Waals surface area contributed by atoms with Crippen LogP contribution in [0.25, 0.3) is 0 Å².